The maximum atomic E-state index is 2.59. The Kier molecular flexibility index (Phi) is 8.89. The van der Waals surface area contributed by atoms with Gasteiger partial charge in [0, 0.05) is 55.0 Å². The second-order valence-electron chi connectivity index (χ2n) is 23.6. The van der Waals surface area contributed by atoms with E-state index in [4.69, 9.17) is 0 Å². The smallest absolute Gasteiger partial charge is 0.0804 e. The van der Waals surface area contributed by atoms with E-state index >= 15 is 0 Å². The second-order valence-corrected chi connectivity index (χ2v) is 23.6. The second kappa shape index (κ2) is 15.7. The molecule has 372 valence electrons. The Morgan fingerprint density at radius 1 is 0.410 bits per heavy atom. The number of benzene rings is 11. The molecule has 11 aromatic carbocycles. The highest BCUT2D eigenvalue weighted by atomic mass is 15.2. The summed E-state index contributed by atoms with van der Waals surface area (Å²) in [5.74, 6) is 1.05. The van der Waals surface area contributed by atoms with Crippen LogP contribution in [0.2, 0.25) is 0 Å². The maximum Gasteiger partial charge on any atom is 0.0804 e. The van der Waals surface area contributed by atoms with E-state index in [0.29, 0.717) is 11.8 Å². The summed E-state index contributed by atoms with van der Waals surface area (Å²) in [4.78, 5) is 5.15. The molecule has 0 spiro atoms. The number of para-hydroxylation sites is 2. The molecule has 0 N–H and O–H groups in total. The third kappa shape index (κ3) is 5.74. The van der Waals surface area contributed by atoms with Crippen LogP contribution >= 0.6 is 0 Å². The topological polar surface area (TPSA) is 15.3 Å². The minimum atomic E-state index is -0.164. The number of hydrogen-bond donors (Lipinski definition) is 0. The number of aromatic nitrogens is 2. The fraction of sp³-hybridized carbons (Fsp3) is 0.135. The standard InChI is InChI=1S/C74H56N4/c1-73(2)57-29-13-9-25-51(57)53-37-35-47(43-59(53)73)75(61-33-17-21-45-19-5-7-23-49(45)61)65-39-41-67-71-69(65)55-27-11-15-31-63(55)77(71)68-42-40-66(70-56-28-12-16-32-64(56)78(67)72(68)70)76(62-34-18-22-46-20-6-8-24-50(46)62)48-36-38-54-52-26-10-14-30-58(52)74(3,4)60(54)44-48/h5-13,15-29,31-44,52,58H,14,30H2,1-4H3. The molecule has 78 heavy (non-hydrogen) atoms. The van der Waals surface area contributed by atoms with Gasteiger partial charge in [-0.25, -0.2) is 0 Å². The molecule has 3 aliphatic rings. The van der Waals surface area contributed by atoms with Gasteiger partial charge >= 0.3 is 0 Å². The highest BCUT2D eigenvalue weighted by molar-refractivity contribution is 6.28. The molecule has 4 nitrogen and oxygen atoms in total. The molecule has 3 aromatic heterocycles. The Morgan fingerprint density at radius 3 is 1.53 bits per heavy atom. The maximum absolute atomic E-state index is 2.59. The van der Waals surface area contributed by atoms with Crippen molar-refractivity contribution >= 4 is 110 Å². The van der Waals surface area contributed by atoms with Gasteiger partial charge < -0.3 is 18.6 Å². The normalized spacial score (nSPS) is 17.0. The van der Waals surface area contributed by atoms with E-state index in [1.54, 1.807) is 0 Å². The number of nitrogens with zero attached hydrogens (tertiary/aromatic N) is 4. The number of fused-ring (bicyclic) bond motifs is 16. The van der Waals surface area contributed by atoms with E-state index < -0.39 is 0 Å². The van der Waals surface area contributed by atoms with Crippen molar-refractivity contribution in [1.29, 1.82) is 0 Å². The molecule has 3 aliphatic carbocycles. The number of anilines is 6. The molecule has 0 aliphatic heterocycles. The van der Waals surface area contributed by atoms with Crippen molar-refractivity contribution in [3.05, 3.63) is 253 Å². The van der Waals surface area contributed by atoms with Gasteiger partial charge in [-0.1, -0.05) is 185 Å². The molecule has 2 unspecified atom stereocenters. The predicted octanol–water partition coefficient (Wildman–Crippen LogP) is 20.1. The van der Waals surface area contributed by atoms with Crippen molar-refractivity contribution < 1.29 is 0 Å². The van der Waals surface area contributed by atoms with Gasteiger partial charge in [0.1, 0.15) is 0 Å². The van der Waals surface area contributed by atoms with Crippen LogP contribution in [0.1, 0.15) is 68.7 Å². The van der Waals surface area contributed by atoms with E-state index in [-0.39, 0.29) is 10.8 Å². The molecule has 17 rings (SSSR count). The Balaban J connectivity index is 0.967. The van der Waals surface area contributed by atoms with Crippen molar-refractivity contribution in [3.8, 4) is 11.1 Å². The summed E-state index contributed by atoms with van der Waals surface area (Å²) in [6.45, 7) is 9.76. The molecule has 2 atom stereocenters. The fourth-order valence-corrected chi connectivity index (χ4v) is 15.5. The van der Waals surface area contributed by atoms with E-state index in [2.05, 4.69) is 277 Å². The highest BCUT2D eigenvalue weighted by Gasteiger charge is 2.46. The van der Waals surface area contributed by atoms with Crippen molar-refractivity contribution in [3.63, 3.8) is 0 Å². The van der Waals surface area contributed by atoms with Gasteiger partial charge in [-0.15, -0.1) is 0 Å². The Morgan fingerprint density at radius 2 is 0.910 bits per heavy atom. The average molecular weight is 1000 g/mol. The van der Waals surface area contributed by atoms with Crippen LogP contribution in [0.4, 0.5) is 34.1 Å². The van der Waals surface area contributed by atoms with E-state index in [1.165, 1.54) is 133 Å². The largest absolute Gasteiger partial charge is 0.309 e. The van der Waals surface area contributed by atoms with Crippen LogP contribution in [-0.2, 0) is 10.8 Å². The summed E-state index contributed by atoms with van der Waals surface area (Å²) in [5, 5.41) is 9.82. The molecule has 0 bridgehead atoms. The number of rotatable bonds is 6. The predicted molar refractivity (Wildman–Crippen MR) is 329 cm³/mol. The lowest BCUT2D eigenvalue weighted by Gasteiger charge is -2.33. The van der Waals surface area contributed by atoms with Crippen LogP contribution in [0.15, 0.2) is 231 Å². The van der Waals surface area contributed by atoms with Crippen LogP contribution in [0, 0.1) is 5.92 Å². The van der Waals surface area contributed by atoms with Gasteiger partial charge in [0.15, 0.2) is 0 Å². The Hall–Kier alpha value is -9.12. The Labute approximate surface area is 453 Å². The molecule has 0 radical (unpaired) electrons. The molecule has 4 heteroatoms. The van der Waals surface area contributed by atoms with Crippen LogP contribution in [0.5, 0.6) is 0 Å². The summed E-state index contributed by atoms with van der Waals surface area (Å²) < 4.78 is 5.18. The molecule has 3 heterocycles. The van der Waals surface area contributed by atoms with Gasteiger partial charge in [0.25, 0.3) is 0 Å². The average Bonchev–Trinajstić information content (AvgIpc) is 4.17. The van der Waals surface area contributed by atoms with Crippen LogP contribution in [-0.4, -0.2) is 8.80 Å². The molecule has 0 fully saturated rings. The quantitative estimate of drug-likeness (QED) is 0.122. The number of allylic oxidation sites excluding steroid dienone is 2. The first-order valence-corrected chi connectivity index (χ1v) is 28.0. The van der Waals surface area contributed by atoms with Crippen molar-refractivity contribution in [2.24, 2.45) is 5.92 Å². The van der Waals surface area contributed by atoms with E-state index in [0.717, 1.165) is 23.5 Å². The first-order chi connectivity index (χ1) is 38.3. The Bertz CT molecular complexity index is 4900. The van der Waals surface area contributed by atoms with Gasteiger partial charge in [0.2, 0.25) is 0 Å². The minimum absolute atomic E-state index is 0.0385. The molecule has 14 aromatic rings. The highest BCUT2D eigenvalue weighted by Crippen LogP contribution is 2.58. The summed E-state index contributed by atoms with van der Waals surface area (Å²) in [5.41, 5.74) is 22.4. The van der Waals surface area contributed by atoms with Crippen LogP contribution in [0.25, 0.3) is 87.3 Å². The molecule has 0 saturated heterocycles. The third-order valence-corrected chi connectivity index (χ3v) is 19.0. The molecule has 0 saturated carbocycles. The fourth-order valence-electron chi connectivity index (χ4n) is 15.5. The lowest BCUT2D eigenvalue weighted by molar-refractivity contribution is 0.301. The minimum Gasteiger partial charge on any atom is -0.309 e. The van der Waals surface area contributed by atoms with E-state index in [9.17, 15) is 0 Å². The van der Waals surface area contributed by atoms with Crippen LogP contribution in [0.3, 0.4) is 0 Å². The monoisotopic (exact) mass is 1000 g/mol. The van der Waals surface area contributed by atoms with Crippen LogP contribution < -0.4 is 9.80 Å². The molecule has 0 amide bonds. The van der Waals surface area contributed by atoms with Gasteiger partial charge in [0.05, 0.1) is 55.8 Å². The summed E-state index contributed by atoms with van der Waals surface area (Å²) in [7, 11) is 0. The third-order valence-electron chi connectivity index (χ3n) is 19.0. The summed E-state index contributed by atoms with van der Waals surface area (Å²) >= 11 is 0. The van der Waals surface area contributed by atoms with E-state index in [1.807, 2.05) is 0 Å². The lowest BCUT2D eigenvalue weighted by Crippen LogP contribution is -2.26. The number of hydrogen-bond acceptors (Lipinski definition) is 2. The summed E-state index contributed by atoms with van der Waals surface area (Å²) in [6.07, 6.45) is 7.28. The van der Waals surface area contributed by atoms with Gasteiger partial charge in [-0.05, 0) is 141 Å². The molecular formula is C74H56N4. The first kappa shape index (κ1) is 44.1. The van der Waals surface area contributed by atoms with Crippen molar-refractivity contribution in [1.82, 2.24) is 8.80 Å². The van der Waals surface area contributed by atoms with Crippen molar-refractivity contribution in [2.75, 3.05) is 9.80 Å². The van der Waals surface area contributed by atoms with Gasteiger partial charge in [-0.3, -0.25) is 0 Å². The molecular weight excluding hydrogens is 945 g/mol. The lowest BCUT2D eigenvalue weighted by atomic mass is 9.72. The first-order valence-electron chi connectivity index (χ1n) is 28.0. The zero-order chi connectivity index (χ0) is 51.8. The van der Waals surface area contributed by atoms with Gasteiger partial charge in [-0.2, -0.15) is 0 Å². The van der Waals surface area contributed by atoms with Crippen molar-refractivity contribution in [2.45, 2.75) is 57.3 Å². The zero-order valence-corrected chi connectivity index (χ0v) is 44.3. The zero-order valence-electron chi connectivity index (χ0n) is 44.3. The SMILES string of the molecule is CC1(C)c2ccccc2-c2ccc(N(c3cccc4ccccc34)c3ccc4c5c3c3ccccc3n5c3ccc(N(c5ccc6c(c5)C(C)(C)C5CCC=CC65)c5cccc6ccccc56)c5c6ccccc6n4c53)cc21. The summed E-state index contributed by atoms with van der Waals surface area (Å²) in [6, 6.07) is 82.9.